The van der Waals surface area contributed by atoms with Gasteiger partial charge in [-0.1, -0.05) is 30.3 Å². The predicted molar refractivity (Wildman–Crippen MR) is 134 cm³/mol. The standard InChI is InChI=1S/C9H11NO2.C6H14N4O2.2C3H7NO2/c10-8(9(11)12)6-7-4-2-1-3-5-7;7-4(5(11)12)2-1-3-10-6(8)9;2*1-2(4)3(5)6/h1-5,8H,6,10H2,(H,11,12);4H,1-3,7H2,(H,11,12)(H4,8,9,10);2*2H,4H2,1H3,(H,5,6)/t8-;4-;2*2-/m0000/s1. The van der Waals surface area contributed by atoms with Crippen molar-refractivity contribution in [3.63, 3.8) is 0 Å². The molecule has 0 aliphatic heterocycles. The summed E-state index contributed by atoms with van der Waals surface area (Å²) in [4.78, 5) is 43.4. The molecule has 0 aromatic heterocycles. The van der Waals surface area contributed by atoms with Crippen molar-refractivity contribution in [2.45, 2.75) is 57.3 Å². The van der Waals surface area contributed by atoms with Crippen LogP contribution in [0.25, 0.3) is 0 Å². The van der Waals surface area contributed by atoms with E-state index in [4.69, 9.17) is 54.8 Å². The summed E-state index contributed by atoms with van der Waals surface area (Å²) in [7, 11) is 0. The Morgan fingerprint density at radius 1 is 0.750 bits per heavy atom. The number of hydrogen-bond acceptors (Lipinski definition) is 9. The molecule has 0 fully saturated rings. The molecule has 0 heterocycles. The summed E-state index contributed by atoms with van der Waals surface area (Å²) in [5, 5.41) is 32.6. The van der Waals surface area contributed by atoms with Crippen LogP contribution < -0.4 is 34.4 Å². The molecule has 0 unspecified atom stereocenters. The summed E-state index contributed by atoms with van der Waals surface area (Å²) in [5.41, 5.74) is 31.3. The highest BCUT2D eigenvalue weighted by Crippen LogP contribution is 2.01. The lowest BCUT2D eigenvalue weighted by Crippen LogP contribution is -2.32. The normalized spacial score (nSPS) is 12.7. The highest BCUT2D eigenvalue weighted by Gasteiger charge is 2.11. The van der Waals surface area contributed by atoms with Crippen LogP contribution in [0.15, 0.2) is 35.3 Å². The number of carboxylic acid groups (broad SMARTS) is 4. The van der Waals surface area contributed by atoms with Crippen LogP contribution in [0.5, 0.6) is 0 Å². The smallest absolute Gasteiger partial charge is 0.320 e. The molecule has 15 nitrogen and oxygen atoms in total. The third-order valence-corrected chi connectivity index (χ3v) is 3.68. The number of aliphatic carboxylic acids is 4. The molecule has 16 N–H and O–H groups in total. The zero-order chi connectivity index (χ0) is 28.8. The molecular weight excluding hydrogens is 478 g/mol. The second-order valence-electron chi connectivity index (χ2n) is 7.28. The number of rotatable bonds is 10. The van der Waals surface area contributed by atoms with E-state index in [1.165, 1.54) is 13.8 Å². The summed E-state index contributed by atoms with van der Waals surface area (Å²) < 4.78 is 0. The average molecular weight is 518 g/mol. The second-order valence-corrected chi connectivity index (χ2v) is 7.28. The quantitative estimate of drug-likeness (QED) is 0.0905. The van der Waals surface area contributed by atoms with Crippen LogP contribution in [0.2, 0.25) is 0 Å². The first-order chi connectivity index (χ1) is 16.5. The van der Waals surface area contributed by atoms with E-state index in [0.29, 0.717) is 25.8 Å². The zero-order valence-electron chi connectivity index (χ0n) is 20.4. The van der Waals surface area contributed by atoms with Crippen LogP contribution in [-0.4, -0.2) is 81.0 Å². The van der Waals surface area contributed by atoms with E-state index in [9.17, 15) is 19.2 Å². The van der Waals surface area contributed by atoms with Gasteiger partial charge < -0.3 is 54.8 Å². The topological polar surface area (TPSA) is 318 Å². The van der Waals surface area contributed by atoms with Gasteiger partial charge in [0.1, 0.15) is 24.2 Å². The van der Waals surface area contributed by atoms with Crippen molar-refractivity contribution in [1.82, 2.24) is 0 Å². The number of nitrogens with two attached hydrogens (primary N) is 6. The third-order valence-electron chi connectivity index (χ3n) is 3.68. The van der Waals surface area contributed by atoms with E-state index in [1.54, 1.807) is 0 Å². The van der Waals surface area contributed by atoms with Gasteiger partial charge >= 0.3 is 23.9 Å². The lowest BCUT2D eigenvalue weighted by Gasteiger charge is -2.04. The largest absolute Gasteiger partial charge is 0.480 e. The monoisotopic (exact) mass is 517 g/mol. The Balaban J connectivity index is -0.000000426. The molecule has 0 bridgehead atoms. The molecule has 1 rings (SSSR count). The van der Waals surface area contributed by atoms with Crippen LogP contribution in [0.4, 0.5) is 0 Å². The Bertz CT molecular complexity index is 783. The fourth-order valence-corrected chi connectivity index (χ4v) is 1.60. The first-order valence-electron chi connectivity index (χ1n) is 10.6. The summed E-state index contributed by atoms with van der Waals surface area (Å²) >= 11 is 0. The van der Waals surface area contributed by atoms with Crippen molar-refractivity contribution in [1.29, 1.82) is 0 Å². The van der Waals surface area contributed by atoms with E-state index in [2.05, 4.69) is 4.99 Å². The van der Waals surface area contributed by atoms with Crippen LogP contribution in [0.3, 0.4) is 0 Å². The minimum Gasteiger partial charge on any atom is -0.480 e. The molecular formula is C21H39N7O8. The number of carboxylic acids is 4. The van der Waals surface area contributed by atoms with Crippen molar-refractivity contribution < 1.29 is 39.6 Å². The van der Waals surface area contributed by atoms with Gasteiger partial charge in [-0.25, -0.2) is 0 Å². The number of guanidine groups is 1. The molecule has 206 valence electrons. The first kappa shape index (κ1) is 36.8. The minimum atomic E-state index is -1.00. The van der Waals surface area contributed by atoms with Gasteiger partial charge in [-0.15, -0.1) is 0 Å². The molecule has 0 saturated carbocycles. The van der Waals surface area contributed by atoms with Crippen LogP contribution in [0.1, 0.15) is 32.3 Å². The number of hydrogen-bond donors (Lipinski definition) is 10. The Morgan fingerprint density at radius 2 is 1.14 bits per heavy atom. The van der Waals surface area contributed by atoms with Crippen LogP contribution >= 0.6 is 0 Å². The molecule has 0 spiro atoms. The zero-order valence-corrected chi connectivity index (χ0v) is 20.4. The van der Waals surface area contributed by atoms with E-state index in [0.717, 1.165) is 5.56 Å². The molecule has 1 aromatic rings. The fourth-order valence-electron chi connectivity index (χ4n) is 1.60. The summed E-state index contributed by atoms with van der Waals surface area (Å²) in [6.45, 7) is 3.26. The van der Waals surface area contributed by atoms with Gasteiger partial charge in [0.05, 0.1) is 0 Å². The van der Waals surface area contributed by atoms with Crippen molar-refractivity contribution in [2.24, 2.45) is 39.4 Å². The van der Waals surface area contributed by atoms with Gasteiger partial charge in [-0.3, -0.25) is 24.2 Å². The minimum absolute atomic E-state index is 0.0129. The Morgan fingerprint density at radius 3 is 1.44 bits per heavy atom. The Hall–Kier alpha value is -3.79. The van der Waals surface area contributed by atoms with E-state index in [-0.39, 0.29) is 5.96 Å². The van der Waals surface area contributed by atoms with Crippen molar-refractivity contribution in [3.05, 3.63) is 35.9 Å². The van der Waals surface area contributed by atoms with Crippen molar-refractivity contribution >= 4 is 29.8 Å². The SMILES string of the molecule is C[C@H](N)C(=O)O.C[C@H](N)C(=O)O.NC(N)=NCCC[C@H](N)C(=O)O.N[C@@H](Cc1ccccc1)C(=O)O. The molecule has 36 heavy (non-hydrogen) atoms. The Labute approximate surface area is 209 Å². The second kappa shape index (κ2) is 21.7. The summed E-state index contributed by atoms with van der Waals surface area (Å²) in [5.74, 6) is -3.87. The lowest BCUT2D eigenvalue weighted by molar-refractivity contribution is -0.139. The van der Waals surface area contributed by atoms with Gasteiger partial charge in [-0.2, -0.15) is 0 Å². The highest BCUT2D eigenvalue weighted by molar-refractivity contribution is 5.75. The van der Waals surface area contributed by atoms with E-state index in [1.807, 2.05) is 30.3 Å². The molecule has 0 aliphatic rings. The van der Waals surface area contributed by atoms with Gasteiger partial charge in [0.15, 0.2) is 5.96 Å². The van der Waals surface area contributed by atoms with Gasteiger partial charge in [-0.05, 0) is 38.7 Å². The number of carbonyl (C=O) groups is 4. The molecule has 4 atom stereocenters. The average Bonchev–Trinajstić information content (AvgIpc) is 2.78. The van der Waals surface area contributed by atoms with Gasteiger partial charge in [0.2, 0.25) is 0 Å². The molecule has 0 saturated heterocycles. The molecule has 0 aliphatic carbocycles. The third kappa shape index (κ3) is 26.5. The number of aliphatic imine (C=N–C) groups is 1. The van der Waals surface area contributed by atoms with Crippen LogP contribution in [-0.2, 0) is 25.6 Å². The summed E-state index contributed by atoms with van der Waals surface area (Å²) in [6.07, 6.45) is 1.34. The van der Waals surface area contributed by atoms with E-state index >= 15 is 0 Å². The van der Waals surface area contributed by atoms with Crippen LogP contribution in [0, 0.1) is 0 Å². The highest BCUT2D eigenvalue weighted by atomic mass is 16.4. The number of nitrogens with zero attached hydrogens (tertiary/aromatic N) is 1. The van der Waals surface area contributed by atoms with Gasteiger partial charge in [0, 0.05) is 6.54 Å². The molecule has 15 heteroatoms. The fraction of sp³-hybridized carbons (Fsp3) is 0.476. The molecule has 0 radical (unpaired) electrons. The summed E-state index contributed by atoms with van der Waals surface area (Å²) in [6, 6.07) is 6.26. The maximum Gasteiger partial charge on any atom is 0.320 e. The predicted octanol–water partition coefficient (Wildman–Crippen LogP) is -2.07. The van der Waals surface area contributed by atoms with E-state index < -0.39 is 48.0 Å². The maximum absolute atomic E-state index is 10.4. The van der Waals surface area contributed by atoms with Crippen molar-refractivity contribution in [3.8, 4) is 0 Å². The molecule has 1 aromatic carbocycles. The maximum atomic E-state index is 10.4. The van der Waals surface area contributed by atoms with Gasteiger partial charge in [0.25, 0.3) is 0 Å². The first-order valence-corrected chi connectivity index (χ1v) is 10.6. The Kier molecular flexibility index (Phi) is 22.2. The van der Waals surface area contributed by atoms with Crippen molar-refractivity contribution in [2.75, 3.05) is 6.54 Å². The lowest BCUT2D eigenvalue weighted by atomic mass is 10.1. The molecule has 0 amide bonds. The number of benzene rings is 1.